The van der Waals surface area contributed by atoms with E-state index in [-0.39, 0.29) is 11.3 Å². The standard InChI is InChI=1S/C13H14FNO4/c1-8(16)9(2)19-12(17)7-15-13(18)10-5-3-4-6-11(10)14/h3-6,9H,7H2,1-2H3,(H,15,18). The van der Waals surface area contributed by atoms with Crippen LogP contribution in [0.5, 0.6) is 0 Å². The van der Waals surface area contributed by atoms with Gasteiger partial charge in [-0.05, 0) is 26.0 Å². The first-order valence-electron chi connectivity index (χ1n) is 5.64. The molecule has 1 amide bonds. The van der Waals surface area contributed by atoms with E-state index in [9.17, 15) is 18.8 Å². The van der Waals surface area contributed by atoms with Crippen molar-refractivity contribution in [3.63, 3.8) is 0 Å². The minimum absolute atomic E-state index is 0.157. The van der Waals surface area contributed by atoms with Crippen LogP contribution >= 0.6 is 0 Å². The van der Waals surface area contributed by atoms with Crippen LogP contribution in [0.4, 0.5) is 4.39 Å². The summed E-state index contributed by atoms with van der Waals surface area (Å²) in [6.07, 6.45) is -0.863. The third kappa shape index (κ3) is 4.50. The largest absolute Gasteiger partial charge is 0.453 e. The molecule has 1 N–H and O–H groups in total. The Morgan fingerprint density at radius 2 is 1.95 bits per heavy atom. The van der Waals surface area contributed by atoms with Gasteiger partial charge in [-0.2, -0.15) is 0 Å². The van der Waals surface area contributed by atoms with E-state index >= 15 is 0 Å². The molecule has 0 aromatic heterocycles. The number of ketones is 1. The molecule has 0 saturated carbocycles. The summed E-state index contributed by atoms with van der Waals surface area (Å²) >= 11 is 0. The molecule has 0 saturated heterocycles. The van der Waals surface area contributed by atoms with Gasteiger partial charge in [0.05, 0.1) is 5.56 Å². The molecule has 0 heterocycles. The number of Topliss-reactive ketones (excluding diaryl/α,β-unsaturated/α-hetero) is 1. The first-order chi connectivity index (χ1) is 8.91. The van der Waals surface area contributed by atoms with Gasteiger partial charge in [0.25, 0.3) is 5.91 Å². The number of carbonyl (C=O) groups excluding carboxylic acids is 3. The lowest BCUT2D eigenvalue weighted by molar-refractivity contribution is -0.152. The van der Waals surface area contributed by atoms with Crippen LogP contribution in [0, 0.1) is 5.82 Å². The van der Waals surface area contributed by atoms with Gasteiger partial charge < -0.3 is 10.1 Å². The Hall–Kier alpha value is -2.24. The number of esters is 1. The highest BCUT2D eigenvalue weighted by atomic mass is 19.1. The number of rotatable bonds is 5. The number of carbonyl (C=O) groups is 3. The van der Waals surface area contributed by atoms with Crippen molar-refractivity contribution >= 4 is 17.7 Å². The molecule has 102 valence electrons. The van der Waals surface area contributed by atoms with Crippen LogP contribution < -0.4 is 5.32 Å². The zero-order valence-electron chi connectivity index (χ0n) is 10.6. The molecule has 0 spiro atoms. The van der Waals surface area contributed by atoms with Crippen LogP contribution in [0.1, 0.15) is 24.2 Å². The van der Waals surface area contributed by atoms with Gasteiger partial charge in [-0.1, -0.05) is 12.1 Å². The molecule has 1 aromatic rings. The topological polar surface area (TPSA) is 72.5 Å². The fourth-order valence-corrected chi connectivity index (χ4v) is 1.21. The molecule has 0 fully saturated rings. The lowest BCUT2D eigenvalue weighted by Gasteiger charge is -2.10. The Morgan fingerprint density at radius 3 is 2.53 bits per heavy atom. The summed E-state index contributed by atoms with van der Waals surface area (Å²) in [7, 11) is 0. The van der Waals surface area contributed by atoms with E-state index < -0.39 is 30.3 Å². The average molecular weight is 267 g/mol. The molecule has 6 heteroatoms. The fourth-order valence-electron chi connectivity index (χ4n) is 1.21. The maximum absolute atomic E-state index is 13.3. The van der Waals surface area contributed by atoms with Crippen molar-refractivity contribution in [1.29, 1.82) is 0 Å². The van der Waals surface area contributed by atoms with Crippen molar-refractivity contribution in [2.75, 3.05) is 6.54 Å². The molecular formula is C13H14FNO4. The number of hydrogen-bond acceptors (Lipinski definition) is 4. The Kier molecular flexibility index (Phi) is 5.17. The molecule has 5 nitrogen and oxygen atoms in total. The van der Waals surface area contributed by atoms with Gasteiger partial charge in [0, 0.05) is 0 Å². The summed E-state index contributed by atoms with van der Waals surface area (Å²) in [5.74, 6) is -2.45. The second-order valence-corrected chi connectivity index (χ2v) is 3.91. The van der Waals surface area contributed by atoms with Crippen molar-refractivity contribution < 1.29 is 23.5 Å². The summed E-state index contributed by atoms with van der Waals surface area (Å²) < 4.78 is 18.0. The van der Waals surface area contributed by atoms with E-state index in [0.29, 0.717) is 0 Å². The molecule has 19 heavy (non-hydrogen) atoms. The molecular weight excluding hydrogens is 253 g/mol. The van der Waals surface area contributed by atoms with E-state index in [1.54, 1.807) is 0 Å². The average Bonchev–Trinajstić information content (AvgIpc) is 2.36. The summed E-state index contributed by atoms with van der Waals surface area (Å²) in [6, 6.07) is 5.41. The van der Waals surface area contributed by atoms with Gasteiger partial charge in [-0.15, -0.1) is 0 Å². The summed E-state index contributed by atoms with van der Waals surface area (Å²) in [5, 5.41) is 2.22. The zero-order chi connectivity index (χ0) is 14.4. The van der Waals surface area contributed by atoms with E-state index in [4.69, 9.17) is 4.74 Å². The third-order valence-corrected chi connectivity index (χ3v) is 2.39. The minimum Gasteiger partial charge on any atom is -0.453 e. The monoisotopic (exact) mass is 267 g/mol. The normalized spacial score (nSPS) is 11.5. The highest BCUT2D eigenvalue weighted by Crippen LogP contribution is 2.05. The van der Waals surface area contributed by atoms with Gasteiger partial charge >= 0.3 is 5.97 Å². The molecule has 0 bridgehead atoms. The van der Waals surface area contributed by atoms with Crippen molar-refractivity contribution in [3.05, 3.63) is 35.6 Å². The molecule has 1 rings (SSSR count). The molecule has 1 unspecified atom stereocenters. The van der Waals surface area contributed by atoms with Crippen molar-refractivity contribution in [3.8, 4) is 0 Å². The number of hydrogen-bond donors (Lipinski definition) is 1. The first kappa shape index (κ1) is 14.8. The van der Waals surface area contributed by atoms with Crippen LogP contribution in [0.15, 0.2) is 24.3 Å². The third-order valence-electron chi connectivity index (χ3n) is 2.39. The summed E-state index contributed by atoms with van der Waals surface area (Å²) in [6.45, 7) is 2.29. The maximum atomic E-state index is 13.3. The van der Waals surface area contributed by atoms with Crippen molar-refractivity contribution in [2.45, 2.75) is 20.0 Å². The number of halogens is 1. The first-order valence-corrected chi connectivity index (χ1v) is 5.64. The number of ether oxygens (including phenoxy) is 1. The molecule has 1 aromatic carbocycles. The molecule has 0 radical (unpaired) electrons. The lowest BCUT2D eigenvalue weighted by Crippen LogP contribution is -2.33. The predicted octanol–water partition coefficient (Wildman–Crippen LogP) is 1.08. The Morgan fingerprint density at radius 1 is 1.32 bits per heavy atom. The number of nitrogens with one attached hydrogen (secondary N) is 1. The van der Waals surface area contributed by atoms with E-state index in [2.05, 4.69) is 5.32 Å². The number of amides is 1. The van der Waals surface area contributed by atoms with Gasteiger partial charge in [0.2, 0.25) is 0 Å². The molecule has 1 atom stereocenters. The van der Waals surface area contributed by atoms with Gasteiger partial charge in [-0.25, -0.2) is 4.39 Å². The summed E-state index contributed by atoms with van der Waals surface area (Å²) in [5.41, 5.74) is -0.157. The SMILES string of the molecule is CC(=O)C(C)OC(=O)CNC(=O)c1ccccc1F. The quantitative estimate of drug-likeness (QED) is 0.810. The van der Waals surface area contributed by atoms with Crippen LogP contribution in [-0.2, 0) is 14.3 Å². The Labute approximate surface area is 109 Å². The van der Waals surface area contributed by atoms with Crippen LogP contribution in [-0.4, -0.2) is 30.3 Å². The second-order valence-electron chi connectivity index (χ2n) is 3.91. The zero-order valence-corrected chi connectivity index (χ0v) is 10.6. The van der Waals surface area contributed by atoms with Crippen LogP contribution in [0.25, 0.3) is 0 Å². The molecule has 0 aliphatic carbocycles. The van der Waals surface area contributed by atoms with Crippen LogP contribution in [0.2, 0.25) is 0 Å². The predicted molar refractivity (Wildman–Crippen MR) is 65.0 cm³/mol. The lowest BCUT2D eigenvalue weighted by atomic mass is 10.2. The highest BCUT2D eigenvalue weighted by Gasteiger charge is 2.16. The van der Waals surface area contributed by atoms with Crippen LogP contribution in [0.3, 0.4) is 0 Å². The van der Waals surface area contributed by atoms with E-state index in [0.717, 1.165) is 6.07 Å². The van der Waals surface area contributed by atoms with E-state index in [1.165, 1.54) is 32.0 Å². The summed E-state index contributed by atoms with van der Waals surface area (Å²) in [4.78, 5) is 33.7. The number of benzene rings is 1. The maximum Gasteiger partial charge on any atom is 0.326 e. The smallest absolute Gasteiger partial charge is 0.326 e. The second kappa shape index (κ2) is 6.63. The van der Waals surface area contributed by atoms with Gasteiger partial charge in [-0.3, -0.25) is 14.4 Å². The highest BCUT2D eigenvalue weighted by molar-refractivity contribution is 5.96. The minimum atomic E-state index is -0.863. The molecule has 0 aliphatic heterocycles. The Bertz CT molecular complexity index is 501. The van der Waals surface area contributed by atoms with E-state index in [1.807, 2.05) is 0 Å². The van der Waals surface area contributed by atoms with Crippen molar-refractivity contribution in [1.82, 2.24) is 5.32 Å². The van der Waals surface area contributed by atoms with Gasteiger partial charge in [0.1, 0.15) is 12.4 Å². The Balaban J connectivity index is 2.49. The van der Waals surface area contributed by atoms with Crippen molar-refractivity contribution in [2.24, 2.45) is 0 Å². The molecule has 0 aliphatic rings. The fraction of sp³-hybridized carbons (Fsp3) is 0.308. The van der Waals surface area contributed by atoms with Gasteiger partial charge in [0.15, 0.2) is 11.9 Å².